The fraction of sp³-hybridized carbons (Fsp3) is 0. The second kappa shape index (κ2) is 3.87. The van der Waals surface area contributed by atoms with Crippen LogP contribution in [0.3, 0.4) is 0 Å². The highest BCUT2D eigenvalue weighted by atomic mass is 79.9. The third-order valence-corrected chi connectivity index (χ3v) is 0.647. The minimum atomic E-state index is 0.394. The SMILES string of the molecule is C=C(Cl)/C=N\C(=C)Br. The molecule has 0 heterocycles. The van der Waals surface area contributed by atoms with Crippen molar-refractivity contribution in [2.24, 2.45) is 4.99 Å². The Labute approximate surface area is 61.9 Å². The van der Waals surface area contributed by atoms with Gasteiger partial charge in [0.2, 0.25) is 0 Å². The van der Waals surface area contributed by atoms with Crippen LogP contribution in [0.25, 0.3) is 0 Å². The van der Waals surface area contributed by atoms with E-state index in [1.54, 1.807) is 0 Å². The lowest BCUT2D eigenvalue weighted by Crippen LogP contribution is -1.67. The highest BCUT2D eigenvalue weighted by Crippen LogP contribution is 2.02. The largest absolute Gasteiger partial charge is 0.248 e. The summed E-state index contributed by atoms with van der Waals surface area (Å²) in [6.45, 7) is 6.83. The summed E-state index contributed by atoms with van der Waals surface area (Å²) in [4.78, 5) is 3.69. The van der Waals surface area contributed by atoms with Gasteiger partial charge in [-0.3, -0.25) is 0 Å². The van der Waals surface area contributed by atoms with Crippen LogP contribution in [0.4, 0.5) is 0 Å². The molecule has 0 aliphatic carbocycles. The number of nitrogens with zero attached hydrogens (tertiary/aromatic N) is 1. The topological polar surface area (TPSA) is 12.4 Å². The molecule has 44 valence electrons. The molecule has 0 aromatic carbocycles. The van der Waals surface area contributed by atoms with Crippen molar-refractivity contribution in [2.45, 2.75) is 0 Å². The maximum atomic E-state index is 5.32. The van der Waals surface area contributed by atoms with Crippen molar-refractivity contribution in [1.82, 2.24) is 0 Å². The first-order chi connectivity index (χ1) is 3.63. The molecule has 0 atom stereocenters. The third kappa shape index (κ3) is 5.92. The summed E-state index contributed by atoms with van der Waals surface area (Å²) in [6.07, 6.45) is 1.42. The van der Waals surface area contributed by atoms with Crippen LogP contribution in [0.1, 0.15) is 0 Å². The molecular formula is C5H5BrClN. The van der Waals surface area contributed by atoms with Gasteiger partial charge in [-0.2, -0.15) is 0 Å². The van der Waals surface area contributed by atoms with Crippen LogP contribution >= 0.6 is 27.5 Å². The molecule has 0 aromatic rings. The van der Waals surface area contributed by atoms with E-state index >= 15 is 0 Å². The van der Waals surface area contributed by atoms with E-state index in [1.807, 2.05) is 0 Å². The third-order valence-electron chi connectivity index (χ3n) is 0.345. The van der Waals surface area contributed by atoms with E-state index in [-0.39, 0.29) is 0 Å². The van der Waals surface area contributed by atoms with Gasteiger partial charge in [-0.25, -0.2) is 4.99 Å². The minimum Gasteiger partial charge on any atom is -0.248 e. The molecular weight excluding hydrogens is 189 g/mol. The number of rotatable bonds is 2. The summed E-state index contributed by atoms with van der Waals surface area (Å²) in [5.74, 6) is 0. The first-order valence-electron chi connectivity index (χ1n) is 1.86. The summed E-state index contributed by atoms with van der Waals surface area (Å²) in [7, 11) is 0. The first-order valence-corrected chi connectivity index (χ1v) is 3.03. The molecule has 0 bridgehead atoms. The molecule has 0 spiro atoms. The van der Waals surface area contributed by atoms with Gasteiger partial charge < -0.3 is 0 Å². The molecule has 0 fully saturated rings. The number of allylic oxidation sites excluding steroid dienone is 1. The monoisotopic (exact) mass is 193 g/mol. The summed E-state index contributed by atoms with van der Waals surface area (Å²) in [5.41, 5.74) is 0. The second-order valence-electron chi connectivity index (χ2n) is 1.08. The van der Waals surface area contributed by atoms with E-state index in [0.717, 1.165) is 0 Å². The molecule has 0 rings (SSSR count). The lowest BCUT2D eigenvalue weighted by molar-refractivity contribution is 1.59. The Hall–Kier alpha value is -0.0800. The maximum absolute atomic E-state index is 5.32. The Morgan fingerprint density at radius 3 is 2.25 bits per heavy atom. The molecule has 0 aromatic heterocycles. The maximum Gasteiger partial charge on any atom is 0.0985 e. The van der Waals surface area contributed by atoms with E-state index in [0.29, 0.717) is 9.64 Å². The Bertz CT molecular complexity index is 123. The molecule has 0 aliphatic heterocycles. The normalized spacial score (nSPS) is 9.75. The molecule has 0 radical (unpaired) electrons. The van der Waals surface area contributed by atoms with Gasteiger partial charge in [0.1, 0.15) is 0 Å². The second-order valence-corrected chi connectivity index (χ2v) is 2.48. The molecule has 3 heteroatoms. The molecule has 1 nitrogen and oxygen atoms in total. The van der Waals surface area contributed by atoms with Gasteiger partial charge in [-0.15, -0.1) is 0 Å². The minimum absolute atomic E-state index is 0.394. The van der Waals surface area contributed by atoms with Crippen LogP contribution in [0.2, 0.25) is 0 Å². The highest BCUT2D eigenvalue weighted by molar-refractivity contribution is 9.11. The number of aliphatic imine (C=N–C) groups is 1. The van der Waals surface area contributed by atoms with Crippen molar-refractivity contribution >= 4 is 33.7 Å². The molecule has 0 N–H and O–H groups in total. The van der Waals surface area contributed by atoms with E-state index < -0.39 is 0 Å². The summed E-state index contributed by atoms with van der Waals surface area (Å²) < 4.78 is 0.541. The zero-order valence-electron chi connectivity index (χ0n) is 4.19. The standard InChI is InChI=1S/C5H5BrClN/c1-4(7)3-8-5(2)6/h3H,1-2H2/b8-3-. The van der Waals surface area contributed by atoms with E-state index in [4.69, 9.17) is 11.6 Å². The van der Waals surface area contributed by atoms with Crippen LogP contribution in [0.5, 0.6) is 0 Å². The van der Waals surface area contributed by atoms with E-state index in [9.17, 15) is 0 Å². The van der Waals surface area contributed by atoms with Gasteiger partial charge in [-0.05, 0) is 15.9 Å². The Kier molecular flexibility index (Phi) is 3.83. The average Bonchev–Trinajstić information content (AvgIpc) is 1.61. The van der Waals surface area contributed by atoms with Crippen molar-refractivity contribution in [2.75, 3.05) is 0 Å². The van der Waals surface area contributed by atoms with Gasteiger partial charge in [-0.1, -0.05) is 24.8 Å². The average molecular weight is 194 g/mol. The number of halogens is 2. The van der Waals surface area contributed by atoms with E-state index in [1.165, 1.54) is 6.21 Å². The van der Waals surface area contributed by atoms with Crippen molar-refractivity contribution in [3.63, 3.8) is 0 Å². The molecule has 0 saturated carbocycles. The molecule has 8 heavy (non-hydrogen) atoms. The predicted molar refractivity (Wildman–Crippen MR) is 41.6 cm³/mol. The lowest BCUT2D eigenvalue weighted by atomic mass is 10.7. The van der Waals surface area contributed by atoms with Gasteiger partial charge in [0.15, 0.2) is 0 Å². The summed E-state index contributed by atoms with van der Waals surface area (Å²) >= 11 is 8.33. The van der Waals surface area contributed by atoms with Crippen LogP contribution in [-0.2, 0) is 0 Å². The van der Waals surface area contributed by atoms with Crippen molar-refractivity contribution in [3.05, 3.63) is 22.8 Å². The van der Waals surface area contributed by atoms with Gasteiger partial charge in [0.05, 0.1) is 9.64 Å². The quantitative estimate of drug-likeness (QED) is 0.473. The summed E-state index contributed by atoms with van der Waals surface area (Å²) in [6, 6.07) is 0. The molecule has 0 unspecified atom stereocenters. The van der Waals surface area contributed by atoms with Crippen LogP contribution < -0.4 is 0 Å². The molecule has 0 aliphatic rings. The molecule has 0 saturated heterocycles. The lowest BCUT2D eigenvalue weighted by Gasteiger charge is -1.80. The van der Waals surface area contributed by atoms with Crippen LogP contribution in [0, 0.1) is 0 Å². The van der Waals surface area contributed by atoms with Crippen molar-refractivity contribution in [3.8, 4) is 0 Å². The Morgan fingerprint density at radius 2 is 2.12 bits per heavy atom. The summed E-state index contributed by atoms with van der Waals surface area (Å²) in [5, 5.41) is 0.394. The zero-order valence-corrected chi connectivity index (χ0v) is 6.54. The van der Waals surface area contributed by atoms with Crippen LogP contribution in [-0.4, -0.2) is 6.21 Å². The molecule has 0 amide bonds. The van der Waals surface area contributed by atoms with Crippen LogP contribution in [0.15, 0.2) is 27.8 Å². The van der Waals surface area contributed by atoms with Gasteiger partial charge >= 0.3 is 0 Å². The van der Waals surface area contributed by atoms with E-state index in [2.05, 4.69) is 34.1 Å². The predicted octanol–water partition coefficient (Wildman–Crippen LogP) is 2.68. The Balaban J connectivity index is 3.67. The fourth-order valence-corrected chi connectivity index (χ4v) is 0.291. The highest BCUT2D eigenvalue weighted by Gasteiger charge is 1.77. The van der Waals surface area contributed by atoms with Crippen molar-refractivity contribution < 1.29 is 0 Å². The number of hydrogen-bond donors (Lipinski definition) is 0. The number of hydrogen-bond acceptors (Lipinski definition) is 1. The van der Waals surface area contributed by atoms with Gasteiger partial charge in [0.25, 0.3) is 0 Å². The fourth-order valence-electron chi connectivity index (χ4n) is 0.140. The smallest absolute Gasteiger partial charge is 0.0985 e. The van der Waals surface area contributed by atoms with Gasteiger partial charge in [0, 0.05) is 6.21 Å². The Morgan fingerprint density at radius 1 is 1.62 bits per heavy atom. The van der Waals surface area contributed by atoms with Crippen molar-refractivity contribution in [1.29, 1.82) is 0 Å². The first kappa shape index (κ1) is 7.92. The zero-order chi connectivity index (χ0) is 6.57.